The van der Waals surface area contributed by atoms with E-state index in [0.29, 0.717) is 21.8 Å². The molecule has 0 aromatic heterocycles. The molecule has 0 unspecified atom stereocenters. The lowest BCUT2D eigenvalue weighted by molar-refractivity contribution is 0.414. The molecule has 0 bridgehead atoms. The maximum Gasteiger partial charge on any atom is 0.488 e. The first kappa shape index (κ1) is 10.4. The average Bonchev–Trinajstić information content (AvgIpc) is 2.09. The number of halogens is 1. The van der Waals surface area contributed by atoms with Gasteiger partial charge in [-0.3, -0.25) is 0 Å². The summed E-state index contributed by atoms with van der Waals surface area (Å²) in [5, 5.41) is 18.3. The van der Waals surface area contributed by atoms with Crippen LogP contribution in [0.2, 0.25) is 5.02 Å². The molecule has 0 aliphatic heterocycles. The molecule has 13 heavy (non-hydrogen) atoms. The zero-order valence-electron chi connectivity index (χ0n) is 7.41. The number of ether oxygens (including phenoxy) is 1. The topological polar surface area (TPSA) is 49.7 Å². The highest BCUT2D eigenvalue weighted by Crippen LogP contribution is 2.25. The van der Waals surface area contributed by atoms with Crippen molar-refractivity contribution in [1.29, 1.82) is 0 Å². The molecular formula is C8H10BClO3. The van der Waals surface area contributed by atoms with Crippen LogP contribution < -0.4 is 10.2 Å². The van der Waals surface area contributed by atoms with Crippen molar-refractivity contribution in [3.8, 4) is 5.75 Å². The van der Waals surface area contributed by atoms with Crippen molar-refractivity contribution in [2.75, 3.05) is 7.11 Å². The summed E-state index contributed by atoms with van der Waals surface area (Å²) < 4.78 is 4.97. The number of rotatable bonds is 2. The zero-order chi connectivity index (χ0) is 10.0. The first-order valence-corrected chi connectivity index (χ1v) is 4.15. The van der Waals surface area contributed by atoms with Crippen LogP contribution in [0.5, 0.6) is 5.75 Å². The van der Waals surface area contributed by atoms with Gasteiger partial charge in [-0.15, -0.1) is 0 Å². The third-order valence-corrected chi connectivity index (χ3v) is 2.36. The highest BCUT2D eigenvalue weighted by atomic mass is 35.5. The minimum atomic E-state index is -1.50. The Morgan fingerprint density at radius 1 is 1.38 bits per heavy atom. The van der Waals surface area contributed by atoms with Crippen molar-refractivity contribution in [2.45, 2.75) is 6.92 Å². The Balaban J connectivity index is 3.23. The SMILES string of the molecule is COc1ccc(B(O)O)c(C)c1Cl. The van der Waals surface area contributed by atoms with E-state index in [1.807, 2.05) is 0 Å². The summed E-state index contributed by atoms with van der Waals surface area (Å²) in [6.07, 6.45) is 0. The molecule has 0 aliphatic carbocycles. The lowest BCUT2D eigenvalue weighted by Crippen LogP contribution is -2.32. The van der Waals surface area contributed by atoms with E-state index in [2.05, 4.69) is 0 Å². The van der Waals surface area contributed by atoms with E-state index in [-0.39, 0.29) is 0 Å². The second-order valence-electron chi connectivity index (χ2n) is 2.67. The average molecular weight is 200 g/mol. The molecule has 70 valence electrons. The summed E-state index contributed by atoms with van der Waals surface area (Å²) >= 11 is 5.90. The second kappa shape index (κ2) is 4.00. The molecule has 0 amide bonds. The molecule has 1 aromatic rings. The summed E-state index contributed by atoms with van der Waals surface area (Å²) in [6, 6.07) is 3.18. The maximum atomic E-state index is 8.95. The first-order chi connectivity index (χ1) is 6.07. The van der Waals surface area contributed by atoms with E-state index in [0.717, 1.165) is 0 Å². The highest BCUT2D eigenvalue weighted by molar-refractivity contribution is 6.59. The van der Waals surface area contributed by atoms with Gasteiger partial charge < -0.3 is 14.8 Å². The van der Waals surface area contributed by atoms with Gasteiger partial charge in [0.1, 0.15) is 5.75 Å². The van der Waals surface area contributed by atoms with Crippen LogP contribution in [0.15, 0.2) is 12.1 Å². The van der Waals surface area contributed by atoms with Crippen LogP contribution in [0.3, 0.4) is 0 Å². The lowest BCUT2D eigenvalue weighted by atomic mass is 9.77. The monoisotopic (exact) mass is 200 g/mol. The molecule has 0 aliphatic rings. The van der Waals surface area contributed by atoms with Crippen LogP contribution in [0.25, 0.3) is 0 Å². The van der Waals surface area contributed by atoms with E-state index in [1.165, 1.54) is 7.11 Å². The standard InChI is InChI=1S/C8H10BClO3/c1-5-6(9(11)12)3-4-7(13-2)8(5)10/h3-4,11-12H,1-2H3. The van der Waals surface area contributed by atoms with Crippen LogP contribution in [0, 0.1) is 6.92 Å². The number of methoxy groups -OCH3 is 1. The summed E-state index contributed by atoms with van der Waals surface area (Å²) in [6.45, 7) is 1.71. The third kappa shape index (κ3) is 1.96. The molecular weight excluding hydrogens is 190 g/mol. The fourth-order valence-corrected chi connectivity index (χ4v) is 1.36. The van der Waals surface area contributed by atoms with Crippen LogP contribution in [0.1, 0.15) is 5.56 Å². The Labute approximate surface area is 82.1 Å². The summed E-state index contributed by atoms with van der Waals surface area (Å²) in [7, 11) is 0.0128. The molecule has 0 spiro atoms. The predicted octanol–water partition coefficient (Wildman–Crippen LogP) is 0.337. The summed E-state index contributed by atoms with van der Waals surface area (Å²) in [5.74, 6) is 0.531. The molecule has 3 nitrogen and oxygen atoms in total. The molecule has 0 fully saturated rings. The van der Waals surface area contributed by atoms with E-state index in [9.17, 15) is 0 Å². The van der Waals surface area contributed by atoms with Crippen molar-refractivity contribution in [3.05, 3.63) is 22.7 Å². The highest BCUT2D eigenvalue weighted by Gasteiger charge is 2.17. The second-order valence-corrected chi connectivity index (χ2v) is 3.05. The molecule has 0 radical (unpaired) electrons. The molecule has 0 heterocycles. The third-order valence-electron chi connectivity index (χ3n) is 1.89. The molecule has 2 N–H and O–H groups in total. The smallest absolute Gasteiger partial charge is 0.488 e. The van der Waals surface area contributed by atoms with Gasteiger partial charge in [0, 0.05) is 0 Å². The van der Waals surface area contributed by atoms with E-state index in [1.54, 1.807) is 19.1 Å². The number of benzene rings is 1. The normalized spacial score (nSPS) is 9.92. The van der Waals surface area contributed by atoms with Gasteiger partial charge >= 0.3 is 7.12 Å². The van der Waals surface area contributed by atoms with E-state index >= 15 is 0 Å². The molecule has 5 heteroatoms. The molecule has 0 atom stereocenters. The van der Waals surface area contributed by atoms with Gasteiger partial charge in [-0.25, -0.2) is 0 Å². The lowest BCUT2D eigenvalue weighted by Gasteiger charge is -2.09. The van der Waals surface area contributed by atoms with Crippen LogP contribution in [-0.4, -0.2) is 24.3 Å². The van der Waals surface area contributed by atoms with Gasteiger partial charge in [0.15, 0.2) is 0 Å². The Morgan fingerprint density at radius 3 is 2.46 bits per heavy atom. The van der Waals surface area contributed by atoms with Gasteiger partial charge in [0.2, 0.25) is 0 Å². The summed E-state index contributed by atoms with van der Waals surface area (Å²) in [5.41, 5.74) is 1.02. The molecule has 0 saturated carbocycles. The fourth-order valence-electron chi connectivity index (χ4n) is 1.11. The van der Waals surface area contributed by atoms with E-state index in [4.69, 9.17) is 26.4 Å². The van der Waals surface area contributed by atoms with Gasteiger partial charge in [0.25, 0.3) is 0 Å². The van der Waals surface area contributed by atoms with Gasteiger partial charge in [-0.1, -0.05) is 17.7 Å². The summed E-state index contributed by atoms with van der Waals surface area (Å²) in [4.78, 5) is 0. The predicted molar refractivity (Wildman–Crippen MR) is 52.6 cm³/mol. The quantitative estimate of drug-likeness (QED) is 0.677. The van der Waals surface area contributed by atoms with Crippen LogP contribution in [0.4, 0.5) is 0 Å². The van der Waals surface area contributed by atoms with Crippen molar-refractivity contribution >= 4 is 24.2 Å². The van der Waals surface area contributed by atoms with Crippen molar-refractivity contribution in [2.24, 2.45) is 0 Å². The van der Waals surface area contributed by atoms with Crippen LogP contribution >= 0.6 is 11.6 Å². The fraction of sp³-hybridized carbons (Fsp3) is 0.250. The number of hydrogen-bond donors (Lipinski definition) is 2. The van der Waals surface area contributed by atoms with Gasteiger partial charge in [-0.05, 0) is 24.0 Å². The molecule has 1 rings (SSSR count). The maximum absolute atomic E-state index is 8.95. The Kier molecular flexibility index (Phi) is 3.19. The van der Waals surface area contributed by atoms with Gasteiger partial charge in [-0.2, -0.15) is 0 Å². The first-order valence-electron chi connectivity index (χ1n) is 3.77. The number of hydrogen-bond acceptors (Lipinski definition) is 3. The van der Waals surface area contributed by atoms with E-state index < -0.39 is 7.12 Å². The Morgan fingerprint density at radius 2 is 2.00 bits per heavy atom. The molecule has 0 saturated heterocycles. The van der Waals surface area contributed by atoms with Crippen molar-refractivity contribution in [3.63, 3.8) is 0 Å². The minimum Gasteiger partial charge on any atom is -0.495 e. The zero-order valence-corrected chi connectivity index (χ0v) is 8.17. The van der Waals surface area contributed by atoms with Crippen LogP contribution in [-0.2, 0) is 0 Å². The minimum absolute atomic E-state index is 0.394. The van der Waals surface area contributed by atoms with Crippen molar-refractivity contribution < 1.29 is 14.8 Å². The largest absolute Gasteiger partial charge is 0.495 e. The Bertz CT molecular complexity index is 315. The van der Waals surface area contributed by atoms with Gasteiger partial charge in [0.05, 0.1) is 12.1 Å². The van der Waals surface area contributed by atoms with Crippen molar-refractivity contribution in [1.82, 2.24) is 0 Å². The molecule has 1 aromatic carbocycles. The Hall–Kier alpha value is -0.705.